The van der Waals surface area contributed by atoms with Crippen LogP contribution in [0.2, 0.25) is 0 Å². The number of hydrogen-bond donors (Lipinski definition) is 1. The monoisotopic (exact) mass is 296 g/mol. The zero-order valence-corrected chi connectivity index (χ0v) is 11.1. The lowest BCUT2D eigenvalue weighted by molar-refractivity contribution is -0.384. The molecule has 0 aliphatic heterocycles. The van der Waals surface area contributed by atoms with E-state index in [1.165, 1.54) is 13.2 Å². The van der Waals surface area contributed by atoms with Gasteiger partial charge < -0.3 is 10.1 Å². The summed E-state index contributed by atoms with van der Waals surface area (Å²) in [5.41, 5.74) is 0.0588. The van der Waals surface area contributed by atoms with Crippen molar-refractivity contribution >= 4 is 34.4 Å². The lowest BCUT2D eigenvalue weighted by Crippen LogP contribution is -2.03. The van der Waals surface area contributed by atoms with Gasteiger partial charge in [-0.05, 0) is 23.6 Å². The minimum atomic E-state index is -0.708. The Morgan fingerprint density at radius 2 is 2.15 bits per heavy atom. The first-order chi connectivity index (χ1) is 9.52. The predicted octanol–water partition coefficient (Wildman–Crippen LogP) is 3.33. The Morgan fingerprint density at radius 1 is 1.40 bits per heavy atom. The number of thiophene rings is 1. The zero-order chi connectivity index (χ0) is 14.7. The minimum absolute atomic E-state index is 0.0972. The number of carbonyl (C=O) groups excluding carboxylic acids is 1. The third-order valence-electron chi connectivity index (χ3n) is 2.46. The molecule has 20 heavy (non-hydrogen) atoms. The smallest absolute Gasteiger partial charge is 0.350 e. The fourth-order valence-corrected chi connectivity index (χ4v) is 2.33. The van der Waals surface area contributed by atoms with E-state index in [-0.39, 0.29) is 10.6 Å². The van der Waals surface area contributed by atoms with Gasteiger partial charge in [-0.25, -0.2) is 9.18 Å². The van der Waals surface area contributed by atoms with E-state index in [1.54, 1.807) is 11.4 Å². The summed E-state index contributed by atoms with van der Waals surface area (Å²) >= 11 is 1.14. The molecule has 0 saturated heterocycles. The minimum Gasteiger partial charge on any atom is -0.465 e. The molecule has 0 amide bonds. The molecule has 0 radical (unpaired) electrons. The number of halogens is 1. The van der Waals surface area contributed by atoms with Crippen molar-refractivity contribution < 1.29 is 18.8 Å². The van der Waals surface area contributed by atoms with Gasteiger partial charge in [0.1, 0.15) is 16.4 Å². The third-order valence-corrected chi connectivity index (χ3v) is 3.36. The highest BCUT2D eigenvalue weighted by atomic mass is 32.1. The first kappa shape index (κ1) is 13.9. The SMILES string of the molecule is COC(=O)c1sccc1Nc1ccc(F)cc1[N+](=O)[O-]. The van der Waals surface area contributed by atoms with E-state index in [9.17, 15) is 19.3 Å². The molecule has 0 bridgehead atoms. The zero-order valence-electron chi connectivity index (χ0n) is 10.3. The van der Waals surface area contributed by atoms with Gasteiger partial charge in [-0.15, -0.1) is 11.3 Å². The maximum Gasteiger partial charge on any atom is 0.350 e. The van der Waals surface area contributed by atoms with Crippen LogP contribution in [0.5, 0.6) is 0 Å². The molecule has 0 aliphatic carbocycles. The number of anilines is 2. The van der Waals surface area contributed by atoms with E-state index >= 15 is 0 Å². The predicted molar refractivity (Wildman–Crippen MR) is 72.0 cm³/mol. The number of ether oxygens (including phenoxy) is 1. The number of methoxy groups -OCH3 is 1. The number of nitrogens with zero attached hydrogens (tertiary/aromatic N) is 1. The fraction of sp³-hybridized carbons (Fsp3) is 0.0833. The van der Waals surface area contributed by atoms with Crippen molar-refractivity contribution in [3.05, 3.63) is 50.5 Å². The van der Waals surface area contributed by atoms with Crippen LogP contribution in [-0.2, 0) is 4.74 Å². The molecule has 104 valence electrons. The van der Waals surface area contributed by atoms with Gasteiger partial charge in [0.2, 0.25) is 0 Å². The van der Waals surface area contributed by atoms with Gasteiger partial charge in [0, 0.05) is 0 Å². The van der Waals surface area contributed by atoms with Gasteiger partial charge in [0.25, 0.3) is 5.69 Å². The molecule has 2 aromatic rings. The highest BCUT2D eigenvalue weighted by Gasteiger charge is 2.19. The van der Waals surface area contributed by atoms with Crippen molar-refractivity contribution in [2.75, 3.05) is 12.4 Å². The van der Waals surface area contributed by atoms with Gasteiger partial charge in [-0.1, -0.05) is 0 Å². The second-order valence-electron chi connectivity index (χ2n) is 3.70. The van der Waals surface area contributed by atoms with Crippen LogP contribution in [0.3, 0.4) is 0 Å². The standard InChI is InChI=1S/C12H9FN2O4S/c1-19-12(16)11-9(4-5-20-11)14-8-3-2-7(13)6-10(8)15(17)18/h2-6,14H,1H3. The van der Waals surface area contributed by atoms with E-state index < -0.39 is 22.4 Å². The van der Waals surface area contributed by atoms with Crippen LogP contribution in [0.1, 0.15) is 9.67 Å². The number of benzene rings is 1. The Kier molecular flexibility index (Phi) is 3.94. The molecule has 1 N–H and O–H groups in total. The summed E-state index contributed by atoms with van der Waals surface area (Å²) in [5, 5.41) is 15.3. The second kappa shape index (κ2) is 5.66. The molecule has 0 aliphatic rings. The lowest BCUT2D eigenvalue weighted by atomic mass is 10.2. The fourth-order valence-electron chi connectivity index (χ4n) is 1.57. The van der Waals surface area contributed by atoms with E-state index in [1.807, 2.05) is 0 Å². The van der Waals surface area contributed by atoms with Crippen molar-refractivity contribution in [3.63, 3.8) is 0 Å². The van der Waals surface area contributed by atoms with Gasteiger partial charge in [0.05, 0.1) is 23.8 Å². The molecule has 2 rings (SSSR count). The van der Waals surface area contributed by atoms with E-state index in [4.69, 9.17) is 0 Å². The summed E-state index contributed by atoms with van der Waals surface area (Å²) in [5.74, 6) is -1.26. The molecule has 0 saturated carbocycles. The largest absolute Gasteiger partial charge is 0.465 e. The number of nitro groups is 1. The summed E-state index contributed by atoms with van der Waals surface area (Å²) in [7, 11) is 1.24. The molecule has 1 heterocycles. The molecule has 1 aromatic carbocycles. The van der Waals surface area contributed by atoms with Gasteiger partial charge >= 0.3 is 5.97 Å². The number of esters is 1. The first-order valence-corrected chi connectivity index (χ1v) is 6.27. The molecular weight excluding hydrogens is 287 g/mol. The summed E-state index contributed by atoms with van der Waals surface area (Å²) in [4.78, 5) is 22.0. The summed E-state index contributed by atoms with van der Waals surface area (Å²) in [6.07, 6.45) is 0. The van der Waals surface area contributed by atoms with Crippen LogP contribution < -0.4 is 5.32 Å². The molecule has 1 aromatic heterocycles. The number of carbonyl (C=O) groups is 1. The number of nitro benzene ring substituents is 1. The average molecular weight is 296 g/mol. The summed E-state index contributed by atoms with van der Waals surface area (Å²) in [6.45, 7) is 0. The molecule has 0 spiro atoms. The third kappa shape index (κ3) is 2.75. The Morgan fingerprint density at radius 3 is 2.80 bits per heavy atom. The molecule has 0 unspecified atom stereocenters. The van der Waals surface area contributed by atoms with E-state index in [0.29, 0.717) is 5.69 Å². The summed E-state index contributed by atoms with van der Waals surface area (Å²) in [6, 6.07) is 4.74. The first-order valence-electron chi connectivity index (χ1n) is 5.39. The average Bonchev–Trinajstić information content (AvgIpc) is 2.87. The molecule has 0 atom stereocenters. The van der Waals surface area contributed by atoms with Crippen LogP contribution in [0, 0.1) is 15.9 Å². The number of hydrogen-bond acceptors (Lipinski definition) is 6. The van der Waals surface area contributed by atoms with Crippen LogP contribution in [0.15, 0.2) is 29.6 Å². The Labute approximate surface area is 117 Å². The van der Waals surface area contributed by atoms with Crippen molar-refractivity contribution in [2.24, 2.45) is 0 Å². The number of rotatable bonds is 4. The quantitative estimate of drug-likeness (QED) is 0.531. The Bertz CT molecular complexity index is 671. The summed E-state index contributed by atoms with van der Waals surface area (Å²) < 4.78 is 17.7. The van der Waals surface area contributed by atoms with Crippen LogP contribution in [-0.4, -0.2) is 18.0 Å². The van der Waals surface area contributed by atoms with Gasteiger partial charge in [0.15, 0.2) is 0 Å². The molecule has 0 fully saturated rings. The van der Waals surface area contributed by atoms with Crippen LogP contribution >= 0.6 is 11.3 Å². The molecule has 6 nitrogen and oxygen atoms in total. The maximum atomic E-state index is 13.0. The van der Waals surface area contributed by atoms with Crippen molar-refractivity contribution in [1.82, 2.24) is 0 Å². The van der Waals surface area contributed by atoms with E-state index in [2.05, 4.69) is 10.1 Å². The highest BCUT2D eigenvalue weighted by Crippen LogP contribution is 2.32. The normalized spacial score (nSPS) is 10.1. The molecular formula is C12H9FN2O4S. The maximum absolute atomic E-state index is 13.0. The second-order valence-corrected chi connectivity index (χ2v) is 4.61. The number of nitrogens with one attached hydrogen (secondary N) is 1. The van der Waals surface area contributed by atoms with Gasteiger partial charge in [-0.2, -0.15) is 0 Å². The van der Waals surface area contributed by atoms with Crippen molar-refractivity contribution in [3.8, 4) is 0 Å². The van der Waals surface area contributed by atoms with Crippen LogP contribution in [0.4, 0.5) is 21.5 Å². The molecule has 8 heteroatoms. The van der Waals surface area contributed by atoms with Crippen molar-refractivity contribution in [2.45, 2.75) is 0 Å². The van der Waals surface area contributed by atoms with Gasteiger partial charge in [-0.3, -0.25) is 10.1 Å². The van der Waals surface area contributed by atoms with Crippen molar-refractivity contribution in [1.29, 1.82) is 0 Å². The lowest BCUT2D eigenvalue weighted by Gasteiger charge is -2.07. The topological polar surface area (TPSA) is 81.5 Å². The highest BCUT2D eigenvalue weighted by molar-refractivity contribution is 7.12. The Balaban J connectivity index is 2.38. The Hall–Kier alpha value is -2.48. The van der Waals surface area contributed by atoms with E-state index in [0.717, 1.165) is 23.5 Å². The van der Waals surface area contributed by atoms with Crippen LogP contribution in [0.25, 0.3) is 0 Å².